The molecular weight excluding hydrogens is 280 g/mol. The van der Waals surface area contributed by atoms with Crippen LogP contribution in [-0.2, 0) is 11.3 Å². The van der Waals surface area contributed by atoms with Crippen LogP contribution in [0.1, 0.15) is 17.4 Å². The Labute approximate surface area is 127 Å². The molecule has 3 nitrogen and oxygen atoms in total. The zero-order chi connectivity index (χ0) is 14.7. The van der Waals surface area contributed by atoms with Crippen molar-refractivity contribution in [2.24, 2.45) is 0 Å². The van der Waals surface area contributed by atoms with Crippen LogP contribution in [0.25, 0.3) is 17.0 Å². The molecule has 0 saturated heterocycles. The van der Waals surface area contributed by atoms with Gasteiger partial charge in [-0.2, -0.15) is 0 Å². The van der Waals surface area contributed by atoms with Gasteiger partial charge < -0.3 is 10.3 Å². The van der Waals surface area contributed by atoms with Gasteiger partial charge in [0.2, 0.25) is 5.91 Å². The molecule has 0 spiro atoms. The summed E-state index contributed by atoms with van der Waals surface area (Å²) in [6.45, 7) is 2.36. The van der Waals surface area contributed by atoms with Crippen molar-refractivity contribution in [3.05, 3.63) is 64.0 Å². The number of hydrogen-bond acceptors (Lipinski definition) is 2. The van der Waals surface area contributed by atoms with E-state index < -0.39 is 0 Å². The smallest absolute Gasteiger partial charge is 0.247 e. The van der Waals surface area contributed by atoms with E-state index in [4.69, 9.17) is 0 Å². The van der Waals surface area contributed by atoms with Gasteiger partial charge >= 0.3 is 0 Å². The largest absolute Gasteiger partial charge is 0.361 e. The highest BCUT2D eigenvalue weighted by Crippen LogP contribution is 2.17. The van der Waals surface area contributed by atoms with Gasteiger partial charge in [-0.05, 0) is 36.1 Å². The Balaban J connectivity index is 1.68. The SMILES string of the molecule is C/C(=C\c1cccs1)C(=O)NCc1c[nH]c2ccccc12. The standard InChI is InChI=1S/C17H16N2OS/c1-12(9-14-5-4-8-21-14)17(20)19-11-13-10-18-16-7-3-2-6-15(13)16/h2-10,18H,11H2,1H3,(H,19,20)/b12-9+. The van der Waals surface area contributed by atoms with Gasteiger partial charge in [0.05, 0.1) is 0 Å². The number of fused-ring (bicyclic) bond motifs is 1. The summed E-state index contributed by atoms with van der Waals surface area (Å²) in [7, 11) is 0. The topological polar surface area (TPSA) is 44.9 Å². The lowest BCUT2D eigenvalue weighted by atomic mass is 10.1. The van der Waals surface area contributed by atoms with E-state index in [1.54, 1.807) is 11.3 Å². The Morgan fingerprint density at radius 2 is 2.14 bits per heavy atom. The lowest BCUT2D eigenvalue weighted by molar-refractivity contribution is -0.117. The van der Waals surface area contributed by atoms with Crippen LogP contribution >= 0.6 is 11.3 Å². The summed E-state index contributed by atoms with van der Waals surface area (Å²) >= 11 is 1.62. The fourth-order valence-electron chi connectivity index (χ4n) is 2.25. The number of aromatic nitrogens is 1. The molecule has 2 heterocycles. The summed E-state index contributed by atoms with van der Waals surface area (Å²) in [4.78, 5) is 16.4. The Kier molecular flexibility index (Phi) is 3.88. The summed E-state index contributed by atoms with van der Waals surface area (Å²) in [6, 6.07) is 12.1. The van der Waals surface area contributed by atoms with E-state index in [0.717, 1.165) is 26.9 Å². The van der Waals surface area contributed by atoms with Gasteiger partial charge in [0.25, 0.3) is 0 Å². The lowest BCUT2D eigenvalue weighted by Crippen LogP contribution is -2.23. The molecule has 0 fully saturated rings. The van der Waals surface area contributed by atoms with Crippen LogP contribution < -0.4 is 5.32 Å². The zero-order valence-corrected chi connectivity index (χ0v) is 12.5. The molecule has 4 heteroatoms. The first kappa shape index (κ1) is 13.6. The van der Waals surface area contributed by atoms with Crippen LogP contribution in [0.3, 0.4) is 0 Å². The van der Waals surface area contributed by atoms with Crippen LogP contribution in [0.2, 0.25) is 0 Å². The van der Waals surface area contributed by atoms with Crippen molar-refractivity contribution < 1.29 is 4.79 Å². The van der Waals surface area contributed by atoms with Crippen LogP contribution in [0.5, 0.6) is 0 Å². The number of nitrogens with one attached hydrogen (secondary N) is 2. The average Bonchev–Trinajstić information content (AvgIpc) is 3.14. The number of amides is 1. The molecular formula is C17H16N2OS. The number of rotatable bonds is 4. The quantitative estimate of drug-likeness (QED) is 0.704. The Bertz CT molecular complexity index is 784. The fraction of sp³-hybridized carbons (Fsp3) is 0.118. The normalized spacial score (nSPS) is 11.8. The molecule has 0 radical (unpaired) electrons. The number of carbonyl (C=O) groups is 1. The monoisotopic (exact) mass is 296 g/mol. The number of para-hydroxylation sites is 1. The molecule has 2 aromatic heterocycles. The molecule has 0 aliphatic carbocycles. The second-order valence-corrected chi connectivity index (χ2v) is 5.86. The van der Waals surface area contributed by atoms with Crippen molar-refractivity contribution >= 4 is 34.2 Å². The molecule has 1 amide bonds. The summed E-state index contributed by atoms with van der Waals surface area (Å²) in [5.41, 5.74) is 2.91. The highest BCUT2D eigenvalue weighted by Gasteiger charge is 2.07. The molecule has 0 bridgehead atoms. The zero-order valence-electron chi connectivity index (χ0n) is 11.7. The molecule has 0 unspecified atom stereocenters. The summed E-state index contributed by atoms with van der Waals surface area (Å²) in [6.07, 6.45) is 3.86. The average molecular weight is 296 g/mol. The highest BCUT2D eigenvalue weighted by molar-refractivity contribution is 7.10. The second kappa shape index (κ2) is 5.97. The Morgan fingerprint density at radius 1 is 1.29 bits per heavy atom. The van der Waals surface area contributed by atoms with Crippen molar-refractivity contribution in [3.8, 4) is 0 Å². The van der Waals surface area contributed by atoms with E-state index >= 15 is 0 Å². The highest BCUT2D eigenvalue weighted by atomic mass is 32.1. The van der Waals surface area contributed by atoms with Gasteiger partial charge in [0, 0.05) is 34.1 Å². The lowest BCUT2D eigenvalue weighted by Gasteiger charge is -2.04. The first-order chi connectivity index (χ1) is 10.2. The van der Waals surface area contributed by atoms with Gasteiger partial charge in [0.15, 0.2) is 0 Å². The molecule has 2 N–H and O–H groups in total. The van der Waals surface area contributed by atoms with Crippen LogP contribution in [-0.4, -0.2) is 10.9 Å². The third-order valence-corrected chi connectivity index (χ3v) is 4.19. The summed E-state index contributed by atoms with van der Waals surface area (Å²) in [5, 5.41) is 6.12. The van der Waals surface area contributed by atoms with Crippen molar-refractivity contribution in [3.63, 3.8) is 0 Å². The first-order valence-corrected chi connectivity index (χ1v) is 7.67. The molecule has 21 heavy (non-hydrogen) atoms. The second-order valence-electron chi connectivity index (χ2n) is 4.88. The van der Waals surface area contributed by atoms with Crippen LogP contribution in [0.4, 0.5) is 0 Å². The molecule has 0 saturated carbocycles. The maximum atomic E-state index is 12.1. The maximum absolute atomic E-state index is 12.1. The predicted molar refractivity (Wildman–Crippen MR) is 88.1 cm³/mol. The minimum absolute atomic E-state index is 0.0336. The molecule has 0 aliphatic rings. The van der Waals surface area contributed by atoms with Crippen molar-refractivity contribution in [1.82, 2.24) is 10.3 Å². The van der Waals surface area contributed by atoms with Crippen molar-refractivity contribution in [2.75, 3.05) is 0 Å². The first-order valence-electron chi connectivity index (χ1n) is 6.79. The third kappa shape index (κ3) is 3.06. The maximum Gasteiger partial charge on any atom is 0.247 e. The number of thiophene rings is 1. The summed E-state index contributed by atoms with van der Waals surface area (Å²) in [5.74, 6) is -0.0336. The van der Waals surface area contributed by atoms with Gasteiger partial charge in [-0.25, -0.2) is 0 Å². The Hall–Kier alpha value is -2.33. The van der Waals surface area contributed by atoms with Gasteiger partial charge in [-0.1, -0.05) is 24.3 Å². The predicted octanol–water partition coefficient (Wildman–Crippen LogP) is 3.95. The van der Waals surface area contributed by atoms with E-state index in [2.05, 4.69) is 16.4 Å². The molecule has 3 aromatic rings. The summed E-state index contributed by atoms with van der Waals surface area (Å²) < 4.78 is 0. The molecule has 106 valence electrons. The number of hydrogen-bond donors (Lipinski definition) is 2. The fourth-order valence-corrected chi connectivity index (χ4v) is 2.96. The van der Waals surface area contributed by atoms with Gasteiger partial charge in [-0.15, -0.1) is 11.3 Å². The minimum Gasteiger partial charge on any atom is -0.361 e. The van der Waals surface area contributed by atoms with E-state index in [1.165, 1.54) is 0 Å². The molecule has 1 aromatic carbocycles. The molecule has 0 atom stereocenters. The number of carbonyl (C=O) groups excluding carboxylic acids is 1. The number of aromatic amines is 1. The van der Waals surface area contributed by atoms with E-state index in [9.17, 15) is 4.79 Å². The van der Waals surface area contributed by atoms with Gasteiger partial charge in [-0.3, -0.25) is 4.79 Å². The minimum atomic E-state index is -0.0336. The number of H-pyrrole nitrogens is 1. The van der Waals surface area contributed by atoms with E-state index in [1.807, 2.05) is 54.9 Å². The van der Waals surface area contributed by atoms with Crippen LogP contribution in [0, 0.1) is 0 Å². The molecule has 0 aliphatic heterocycles. The van der Waals surface area contributed by atoms with Crippen LogP contribution in [0.15, 0.2) is 53.5 Å². The number of benzene rings is 1. The Morgan fingerprint density at radius 3 is 2.95 bits per heavy atom. The van der Waals surface area contributed by atoms with Crippen molar-refractivity contribution in [1.29, 1.82) is 0 Å². The van der Waals surface area contributed by atoms with Crippen molar-refractivity contribution in [2.45, 2.75) is 13.5 Å². The van der Waals surface area contributed by atoms with E-state index in [-0.39, 0.29) is 5.91 Å². The molecule has 3 rings (SSSR count). The third-order valence-electron chi connectivity index (χ3n) is 3.37. The van der Waals surface area contributed by atoms with Gasteiger partial charge in [0.1, 0.15) is 0 Å². The van der Waals surface area contributed by atoms with E-state index in [0.29, 0.717) is 6.54 Å².